The van der Waals surface area contributed by atoms with E-state index in [1.807, 2.05) is 0 Å². The van der Waals surface area contributed by atoms with Crippen molar-refractivity contribution in [3.05, 3.63) is 33.1 Å². The predicted octanol–water partition coefficient (Wildman–Crippen LogP) is 0.976. The molecule has 5 atom stereocenters. The number of aromatic nitrogens is 2. The number of carbonyl (C=O) groups excluding carboxylic acids is 1. The van der Waals surface area contributed by atoms with Crippen LogP contribution >= 0.6 is 35.7 Å². The first-order valence-corrected chi connectivity index (χ1v) is 11.2. The minimum Gasteiger partial charge on any atom is -0.462 e. The molecule has 0 spiro atoms. The molecule has 0 saturated carbocycles. The Kier molecular flexibility index (Phi) is 11.2. The topological polar surface area (TPSA) is 149 Å². The van der Waals surface area contributed by atoms with Crippen LogP contribution in [0.2, 0.25) is 0 Å². The monoisotopic (exact) mass is 518 g/mol. The van der Waals surface area contributed by atoms with E-state index < -0.39 is 55.9 Å². The van der Waals surface area contributed by atoms with Crippen LogP contribution < -0.4 is 16.3 Å². The van der Waals surface area contributed by atoms with Gasteiger partial charge in [-0.15, -0.1) is 4.52 Å². The smallest absolute Gasteiger partial charge is 0.462 e. The summed E-state index contributed by atoms with van der Waals surface area (Å²) in [6.07, 6.45) is -1.24. The average Bonchev–Trinajstić information content (AvgIpc) is 2.61. The van der Waals surface area contributed by atoms with Crippen molar-refractivity contribution in [3.63, 3.8) is 0 Å². The van der Waals surface area contributed by atoms with Crippen molar-refractivity contribution < 1.29 is 28.5 Å². The van der Waals surface area contributed by atoms with Gasteiger partial charge in [0.2, 0.25) is 0 Å². The lowest BCUT2D eigenvalue weighted by Crippen LogP contribution is -2.38. The van der Waals surface area contributed by atoms with Crippen LogP contribution in [0.25, 0.3) is 0 Å². The second-order valence-corrected chi connectivity index (χ2v) is 8.19. The van der Waals surface area contributed by atoms with Gasteiger partial charge in [-0.25, -0.2) is 4.79 Å². The number of aliphatic hydroxyl groups excluding tert-OH is 1. The Bertz CT molecular complexity index is 802. The molecule has 1 rings (SSSR count). The summed E-state index contributed by atoms with van der Waals surface area (Å²) in [5.74, 6) is -0.603. The van der Waals surface area contributed by atoms with E-state index in [0.717, 1.165) is 10.6 Å². The summed E-state index contributed by atoms with van der Waals surface area (Å²) >= 11 is 8.86. The zero-order valence-corrected chi connectivity index (χ0v) is 19.1. The van der Waals surface area contributed by atoms with Crippen molar-refractivity contribution >= 4 is 41.7 Å². The number of H-pyrrole nitrogens is 1. The lowest BCUT2D eigenvalue weighted by Gasteiger charge is -2.24. The molecule has 1 aromatic heterocycles. The Morgan fingerprint density at radius 3 is 2.59 bits per heavy atom. The van der Waals surface area contributed by atoms with Gasteiger partial charge in [-0.1, -0.05) is 32.6 Å². The van der Waals surface area contributed by atoms with Gasteiger partial charge in [0, 0.05) is 17.6 Å². The minimum absolute atomic E-state index is 0.113. The fourth-order valence-electron chi connectivity index (χ4n) is 1.94. The quantitative estimate of drug-likeness (QED) is 0.209. The summed E-state index contributed by atoms with van der Waals surface area (Å²) in [5.41, 5.74) is -2.86. The van der Waals surface area contributed by atoms with E-state index in [-0.39, 0.29) is 11.4 Å². The highest BCUT2D eigenvalue weighted by Crippen LogP contribution is 2.22. The van der Waals surface area contributed by atoms with E-state index in [2.05, 4.69) is 26.0 Å². The van der Waals surface area contributed by atoms with Crippen LogP contribution in [0.4, 0.5) is 0 Å². The molecule has 0 amide bonds. The fraction of sp³-hybridized carbons (Fsp3) is 0.667. The zero-order valence-electron chi connectivity index (χ0n) is 15.9. The van der Waals surface area contributed by atoms with Crippen LogP contribution in [0, 0.1) is 0 Å². The maximum atomic E-state index is 12.0. The second-order valence-electron chi connectivity index (χ2n) is 6.06. The van der Waals surface area contributed by atoms with Crippen molar-refractivity contribution in [2.45, 2.75) is 50.8 Å². The number of halogens is 2. The lowest BCUT2D eigenvalue weighted by molar-refractivity contribution is -0.149. The molecule has 164 valence electrons. The predicted molar refractivity (Wildman–Crippen MR) is 108 cm³/mol. The summed E-state index contributed by atoms with van der Waals surface area (Å²) in [7, 11) is -2.51. The largest absolute Gasteiger partial charge is 0.613 e. The Morgan fingerprint density at radius 2 is 2.07 bits per heavy atom. The molecule has 0 aliphatic rings. The van der Waals surface area contributed by atoms with E-state index in [9.17, 15) is 24.1 Å². The number of carbonyl (C=O) groups is 1. The number of nitrogens with zero attached hydrogens (tertiary/aromatic N) is 1. The molecule has 0 saturated heterocycles. The highest BCUT2D eigenvalue weighted by molar-refractivity contribution is 9.09. The SMILES string of the molecule is CC(C)OC(=O)[C@H](C)N[P+](=O)OC[C@@H](O[C@H](CBr)n1ccc(=O)[nH]c1=O)[C@@H](O)Cl. The van der Waals surface area contributed by atoms with Crippen LogP contribution in [0.15, 0.2) is 21.9 Å². The molecule has 0 radical (unpaired) electrons. The number of alkyl halides is 2. The van der Waals surface area contributed by atoms with E-state index in [0.29, 0.717) is 0 Å². The van der Waals surface area contributed by atoms with Crippen LogP contribution in [0.5, 0.6) is 0 Å². The van der Waals surface area contributed by atoms with E-state index >= 15 is 0 Å². The van der Waals surface area contributed by atoms with E-state index in [1.54, 1.807) is 13.8 Å². The van der Waals surface area contributed by atoms with Crippen molar-refractivity contribution in [2.24, 2.45) is 0 Å². The number of ether oxygens (including phenoxy) is 2. The van der Waals surface area contributed by atoms with Crippen LogP contribution in [-0.4, -0.2) is 56.4 Å². The summed E-state index contributed by atoms with van der Waals surface area (Å²) in [4.78, 5) is 36.9. The summed E-state index contributed by atoms with van der Waals surface area (Å²) in [6, 6.07) is 0.234. The fourth-order valence-corrected chi connectivity index (χ4v) is 3.31. The van der Waals surface area contributed by atoms with Gasteiger partial charge in [0.05, 0.1) is 6.10 Å². The second kappa shape index (κ2) is 12.5. The third-order valence-electron chi connectivity index (χ3n) is 3.29. The van der Waals surface area contributed by atoms with Crippen molar-refractivity contribution in [1.82, 2.24) is 14.6 Å². The first-order valence-electron chi connectivity index (χ1n) is 8.47. The summed E-state index contributed by atoms with van der Waals surface area (Å²) < 4.78 is 28.7. The van der Waals surface area contributed by atoms with Gasteiger partial charge in [0.1, 0.15) is 25.0 Å². The maximum Gasteiger partial charge on any atom is 0.613 e. The molecule has 1 heterocycles. The number of hydrogen-bond donors (Lipinski definition) is 3. The Labute approximate surface area is 180 Å². The van der Waals surface area contributed by atoms with Crippen molar-refractivity contribution in [3.8, 4) is 0 Å². The average molecular weight is 520 g/mol. The minimum atomic E-state index is -2.51. The molecule has 1 aromatic rings. The lowest BCUT2D eigenvalue weighted by atomic mass is 10.4. The molecule has 11 nitrogen and oxygen atoms in total. The molecule has 3 N–H and O–H groups in total. The molecular formula is C15H23BrClN3O8P+. The van der Waals surface area contributed by atoms with Crippen molar-refractivity contribution in [1.29, 1.82) is 0 Å². The molecule has 0 aliphatic heterocycles. The number of nitrogens with one attached hydrogen (secondary N) is 2. The Balaban J connectivity index is 2.70. The van der Waals surface area contributed by atoms with Gasteiger partial charge < -0.3 is 14.6 Å². The van der Waals surface area contributed by atoms with Gasteiger partial charge in [0.25, 0.3) is 5.56 Å². The first-order chi connectivity index (χ1) is 13.5. The molecule has 29 heavy (non-hydrogen) atoms. The molecule has 0 bridgehead atoms. The van der Waals surface area contributed by atoms with Gasteiger partial charge in [0.15, 0.2) is 5.56 Å². The first kappa shape index (κ1) is 25.9. The van der Waals surface area contributed by atoms with Crippen molar-refractivity contribution in [2.75, 3.05) is 11.9 Å². The third-order valence-corrected chi connectivity index (χ3v) is 5.11. The van der Waals surface area contributed by atoms with E-state index in [4.69, 9.17) is 25.6 Å². The van der Waals surface area contributed by atoms with Gasteiger partial charge in [-0.05, 0) is 25.3 Å². The van der Waals surface area contributed by atoms with Crippen LogP contribution in [-0.2, 0) is 23.4 Å². The Morgan fingerprint density at radius 1 is 1.41 bits per heavy atom. The van der Waals surface area contributed by atoms with E-state index in [1.165, 1.54) is 13.1 Å². The Hall–Kier alpha value is -1.14. The molecular weight excluding hydrogens is 497 g/mol. The number of aliphatic hydroxyl groups is 1. The molecule has 0 aromatic carbocycles. The number of hydrogen-bond acceptors (Lipinski definition) is 8. The van der Waals surface area contributed by atoms with Crippen LogP contribution in [0.1, 0.15) is 27.0 Å². The standard InChI is InChI=1S/C15H22BrClN3O8P/c1-8(2)27-14(23)9(3)19-29(25)26-7-10(13(17)22)28-12(6-16)20-5-4-11(21)18-15(20)24/h4-5,8-10,12-13,22H,6-7H2,1-3H3,(H-,18,19,21,24,25)/p+1/t9-,10+,12+,13+/m0/s1. The third kappa shape index (κ3) is 9.04. The zero-order chi connectivity index (χ0) is 22.1. The van der Waals surface area contributed by atoms with Crippen LogP contribution in [0.3, 0.4) is 0 Å². The van der Waals surface area contributed by atoms with Gasteiger partial charge in [-0.3, -0.25) is 19.1 Å². The number of aromatic amines is 1. The highest BCUT2D eigenvalue weighted by atomic mass is 79.9. The van der Waals surface area contributed by atoms with Gasteiger partial charge >= 0.3 is 19.8 Å². The summed E-state index contributed by atoms with van der Waals surface area (Å²) in [5, 5.41) is 12.2. The molecule has 1 unspecified atom stereocenters. The number of esters is 1. The normalized spacial score (nSPS) is 16.2. The molecule has 0 fully saturated rings. The molecule has 0 aliphatic carbocycles. The molecule has 14 heteroatoms. The summed E-state index contributed by atoms with van der Waals surface area (Å²) in [6.45, 7) is 4.40. The maximum absolute atomic E-state index is 12.0. The van der Waals surface area contributed by atoms with Gasteiger partial charge in [-0.2, -0.15) is 0 Å². The highest BCUT2D eigenvalue weighted by Gasteiger charge is 2.32. The number of rotatable bonds is 12.